The Morgan fingerprint density at radius 3 is 2.58 bits per heavy atom. The molecule has 4 nitrogen and oxygen atoms in total. The molecule has 2 aliphatic heterocycles. The third-order valence-electron chi connectivity index (χ3n) is 5.43. The van der Waals surface area contributed by atoms with E-state index in [4.69, 9.17) is 0 Å². The number of ketones is 1. The predicted octanol–water partition coefficient (Wildman–Crippen LogP) is 2.78. The first-order valence-corrected chi connectivity index (χ1v) is 8.75. The standard InChI is InChI=1S/C19H25FN2O2/c1-12(19(24)13-4-3-5-14(20)9-13)8-18(23)22(2)17-10-15-6-7-16(11-17)21-15/h3-5,9,12,15-17,21H,6-8,10-11H2,1-2H3. The van der Waals surface area contributed by atoms with Gasteiger partial charge in [0.2, 0.25) is 5.91 Å². The molecular weight excluding hydrogens is 307 g/mol. The Hall–Kier alpha value is -1.75. The largest absolute Gasteiger partial charge is 0.343 e. The van der Waals surface area contributed by atoms with Crippen molar-refractivity contribution >= 4 is 11.7 Å². The third-order valence-corrected chi connectivity index (χ3v) is 5.43. The van der Waals surface area contributed by atoms with E-state index >= 15 is 0 Å². The fourth-order valence-electron chi connectivity index (χ4n) is 3.97. The van der Waals surface area contributed by atoms with E-state index in [-0.39, 0.29) is 24.2 Å². The van der Waals surface area contributed by atoms with Crippen LogP contribution in [0.2, 0.25) is 0 Å². The van der Waals surface area contributed by atoms with E-state index in [9.17, 15) is 14.0 Å². The van der Waals surface area contributed by atoms with Crippen molar-refractivity contribution in [3.63, 3.8) is 0 Å². The Labute approximate surface area is 142 Å². The van der Waals surface area contributed by atoms with Crippen molar-refractivity contribution in [1.29, 1.82) is 0 Å². The van der Waals surface area contributed by atoms with Crippen LogP contribution in [-0.2, 0) is 4.79 Å². The molecule has 2 aliphatic rings. The van der Waals surface area contributed by atoms with Crippen LogP contribution in [0.1, 0.15) is 49.4 Å². The zero-order valence-electron chi connectivity index (χ0n) is 14.3. The van der Waals surface area contributed by atoms with E-state index in [1.165, 1.54) is 31.0 Å². The number of rotatable bonds is 5. The molecule has 0 saturated carbocycles. The maximum Gasteiger partial charge on any atom is 0.223 e. The first kappa shape index (κ1) is 17.1. The fourth-order valence-corrected chi connectivity index (χ4v) is 3.97. The van der Waals surface area contributed by atoms with E-state index in [1.807, 2.05) is 11.9 Å². The van der Waals surface area contributed by atoms with Crippen molar-refractivity contribution < 1.29 is 14.0 Å². The monoisotopic (exact) mass is 332 g/mol. The summed E-state index contributed by atoms with van der Waals surface area (Å²) >= 11 is 0. The number of halogens is 1. The highest BCUT2D eigenvalue weighted by molar-refractivity contribution is 5.99. The van der Waals surface area contributed by atoms with Gasteiger partial charge in [0.15, 0.2) is 5.78 Å². The maximum atomic E-state index is 13.3. The molecule has 3 unspecified atom stereocenters. The van der Waals surface area contributed by atoms with Gasteiger partial charge >= 0.3 is 0 Å². The van der Waals surface area contributed by atoms with Crippen LogP contribution in [0.5, 0.6) is 0 Å². The molecule has 2 saturated heterocycles. The summed E-state index contributed by atoms with van der Waals surface area (Å²) in [7, 11) is 1.84. The summed E-state index contributed by atoms with van der Waals surface area (Å²) < 4.78 is 13.3. The van der Waals surface area contributed by atoms with Gasteiger partial charge < -0.3 is 10.2 Å². The van der Waals surface area contributed by atoms with Crippen LogP contribution in [0.3, 0.4) is 0 Å². The number of carbonyl (C=O) groups excluding carboxylic acids is 2. The molecule has 0 radical (unpaired) electrons. The zero-order chi connectivity index (χ0) is 17.3. The predicted molar refractivity (Wildman–Crippen MR) is 90.2 cm³/mol. The van der Waals surface area contributed by atoms with Gasteiger partial charge in [0.25, 0.3) is 0 Å². The van der Waals surface area contributed by atoms with E-state index < -0.39 is 11.7 Å². The number of amides is 1. The van der Waals surface area contributed by atoms with Crippen LogP contribution in [-0.4, -0.2) is 41.8 Å². The van der Waals surface area contributed by atoms with Gasteiger partial charge in [-0.3, -0.25) is 9.59 Å². The van der Waals surface area contributed by atoms with Crippen LogP contribution in [0.4, 0.5) is 4.39 Å². The molecule has 3 rings (SSSR count). The van der Waals surface area contributed by atoms with E-state index in [0.717, 1.165) is 12.8 Å². The van der Waals surface area contributed by atoms with Crippen molar-refractivity contribution in [3.05, 3.63) is 35.6 Å². The van der Waals surface area contributed by atoms with Crippen LogP contribution < -0.4 is 5.32 Å². The van der Waals surface area contributed by atoms with Crippen molar-refractivity contribution in [2.75, 3.05) is 7.05 Å². The van der Waals surface area contributed by atoms with Crippen molar-refractivity contribution in [3.8, 4) is 0 Å². The summed E-state index contributed by atoms with van der Waals surface area (Å²) in [5.41, 5.74) is 0.331. The fraction of sp³-hybridized carbons (Fsp3) is 0.579. The van der Waals surface area contributed by atoms with Gasteiger partial charge in [-0.1, -0.05) is 19.1 Å². The van der Waals surface area contributed by atoms with E-state index in [1.54, 1.807) is 13.0 Å². The van der Waals surface area contributed by atoms with Gasteiger partial charge in [-0.2, -0.15) is 0 Å². The highest BCUT2D eigenvalue weighted by Crippen LogP contribution is 2.29. The number of fused-ring (bicyclic) bond motifs is 2. The van der Waals surface area contributed by atoms with Crippen LogP contribution in [0.25, 0.3) is 0 Å². The minimum atomic E-state index is -0.444. The van der Waals surface area contributed by atoms with Gasteiger partial charge in [-0.05, 0) is 37.8 Å². The molecule has 3 atom stereocenters. The molecule has 2 heterocycles. The second-order valence-electron chi connectivity index (χ2n) is 7.25. The smallest absolute Gasteiger partial charge is 0.223 e. The van der Waals surface area contributed by atoms with Gasteiger partial charge in [0.1, 0.15) is 5.82 Å². The number of hydrogen-bond donors (Lipinski definition) is 1. The van der Waals surface area contributed by atoms with Gasteiger partial charge in [-0.25, -0.2) is 4.39 Å². The van der Waals surface area contributed by atoms with E-state index in [2.05, 4.69) is 5.32 Å². The summed E-state index contributed by atoms with van der Waals surface area (Å²) in [6.07, 6.45) is 4.54. The highest BCUT2D eigenvalue weighted by atomic mass is 19.1. The number of hydrogen-bond acceptors (Lipinski definition) is 3. The second kappa shape index (κ2) is 7.01. The average molecular weight is 332 g/mol. The molecule has 5 heteroatoms. The summed E-state index contributed by atoms with van der Waals surface area (Å²) in [5.74, 6) is -1.05. The Morgan fingerprint density at radius 1 is 1.29 bits per heavy atom. The third kappa shape index (κ3) is 3.66. The minimum absolute atomic E-state index is 0.00134. The lowest BCUT2D eigenvalue weighted by Crippen LogP contribution is -2.49. The van der Waals surface area contributed by atoms with Crippen LogP contribution >= 0.6 is 0 Å². The minimum Gasteiger partial charge on any atom is -0.343 e. The molecule has 1 amide bonds. The molecule has 0 aliphatic carbocycles. The summed E-state index contributed by atoms with van der Waals surface area (Å²) in [4.78, 5) is 26.8. The lowest BCUT2D eigenvalue weighted by Gasteiger charge is -2.36. The molecule has 0 spiro atoms. The molecule has 1 N–H and O–H groups in total. The van der Waals surface area contributed by atoms with Crippen LogP contribution in [0, 0.1) is 11.7 Å². The molecule has 2 fully saturated rings. The molecule has 130 valence electrons. The normalized spacial score (nSPS) is 26.9. The number of benzene rings is 1. The van der Waals surface area contributed by atoms with Gasteiger partial charge in [0.05, 0.1) is 0 Å². The van der Waals surface area contributed by atoms with Crippen molar-refractivity contribution in [1.82, 2.24) is 10.2 Å². The molecule has 0 aromatic heterocycles. The van der Waals surface area contributed by atoms with Crippen LogP contribution in [0.15, 0.2) is 24.3 Å². The molecular formula is C19H25FN2O2. The lowest BCUT2D eigenvalue weighted by atomic mass is 9.94. The SMILES string of the molecule is CC(CC(=O)N(C)C1CC2CCC(C1)N2)C(=O)c1cccc(F)c1. The Bertz CT molecular complexity index is 622. The number of carbonyl (C=O) groups is 2. The lowest BCUT2D eigenvalue weighted by molar-refractivity contribution is -0.133. The topological polar surface area (TPSA) is 49.4 Å². The number of nitrogens with one attached hydrogen (secondary N) is 1. The number of Topliss-reactive ketones (excluding diaryl/α,β-unsaturated/α-hetero) is 1. The second-order valence-corrected chi connectivity index (χ2v) is 7.25. The number of nitrogens with zero attached hydrogens (tertiary/aromatic N) is 1. The maximum absolute atomic E-state index is 13.3. The van der Waals surface area contributed by atoms with Crippen molar-refractivity contribution in [2.45, 2.75) is 57.2 Å². The Balaban J connectivity index is 1.58. The molecule has 24 heavy (non-hydrogen) atoms. The zero-order valence-corrected chi connectivity index (χ0v) is 14.3. The first-order valence-electron chi connectivity index (χ1n) is 8.75. The number of piperidine rings is 1. The van der Waals surface area contributed by atoms with E-state index in [0.29, 0.717) is 17.6 Å². The van der Waals surface area contributed by atoms with Crippen molar-refractivity contribution in [2.24, 2.45) is 5.92 Å². The highest BCUT2D eigenvalue weighted by Gasteiger charge is 2.36. The Morgan fingerprint density at radius 2 is 1.96 bits per heavy atom. The average Bonchev–Trinajstić information content (AvgIpc) is 2.91. The summed E-state index contributed by atoms with van der Waals surface area (Å²) in [5, 5.41) is 3.57. The first-order chi connectivity index (χ1) is 11.4. The van der Waals surface area contributed by atoms with Gasteiger partial charge in [-0.15, -0.1) is 0 Å². The summed E-state index contributed by atoms with van der Waals surface area (Å²) in [6, 6.07) is 6.97. The quantitative estimate of drug-likeness (QED) is 0.844. The van der Waals surface area contributed by atoms with Gasteiger partial charge in [0, 0.05) is 43.1 Å². The molecule has 1 aromatic rings. The molecule has 2 bridgehead atoms. The molecule has 1 aromatic carbocycles. The summed E-state index contributed by atoms with van der Waals surface area (Å²) in [6.45, 7) is 1.74. The Kier molecular flexibility index (Phi) is 4.99.